The van der Waals surface area contributed by atoms with E-state index in [1.807, 2.05) is 18.2 Å². The number of aromatic amines is 1. The number of nitrogens with one attached hydrogen (secondary N) is 1. The van der Waals surface area contributed by atoms with Crippen molar-refractivity contribution in [2.45, 2.75) is 12.3 Å². The predicted octanol–water partition coefficient (Wildman–Crippen LogP) is 2.22. The number of nitrogens with zero attached hydrogens (tertiary/aromatic N) is 4. The molecule has 1 unspecified atom stereocenters. The van der Waals surface area contributed by atoms with Gasteiger partial charge in [0, 0.05) is 30.3 Å². The number of aromatic nitrogens is 2. The van der Waals surface area contributed by atoms with Gasteiger partial charge in [0.05, 0.1) is 17.3 Å². The van der Waals surface area contributed by atoms with Gasteiger partial charge < -0.3 is 4.90 Å². The maximum absolute atomic E-state index is 8.89. The second-order valence-corrected chi connectivity index (χ2v) is 4.93. The smallest absolute Gasteiger partial charge is 0.179 e. The van der Waals surface area contributed by atoms with E-state index in [-0.39, 0.29) is 0 Å². The van der Waals surface area contributed by atoms with Crippen molar-refractivity contribution >= 4 is 0 Å². The van der Waals surface area contributed by atoms with E-state index in [2.05, 4.69) is 22.5 Å². The number of benzene rings is 1. The van der Waals surface area contributed by atoms with E-state index in [9.17, 15) is 0 Å². The molecule has 5 nitrogen and oxygen atoms in total. The van der Waals surface area contributed by atoms with Crippen molar-refractivity contribution < 1.29 is 0 Å². The zero-order valence-corrected chi connectivity index (χ0v) is 10.9. The molecule has 3 rings (SSSR count). The SMILES string of the molecule is N#Cc1ccc(-c2cc(C3CCN(C#N)C3)[nH]n2)cc1. The molecule has 98 valence electrons. The highest BCUT2D eigenvalue weighted by Crippen LogP contribution is 2.28. The molecule has 0 spiro atoms. The Balaban J connectivity index is 1.80. The van der Waals surface area contributed by atoms with Gasteiger partial charge in [-0.25, -0.2) is 0 Å². The Labute approximate surface area is 117 Å². The fraction of sp³-hybridized carbons (Fsp3) is 0.267. The molecule has 1 saturated heterocycles. The van der Waals surface area contributed by atoms with Crippen LogP contribution < -0.4 is 0 Å². The monoisotopic (exact) mass is 263 g/mol. The van der Waals surface area contributed by atoms with Crippen molar-refractivity contribution in [1.29, 1.82) is 10.5 Å². The normalized spacial score (nSPS) is 17.7. The predicted molar refractivity (Wildman–Crippen MR) is 73.3 cm³/mol. The molecule has 0 radical (unpaired) electrons. The average Bonchev–Trinajstić information content (AvgIpc) is 3.16. The van der Waals surface area contributed by atoms with Gasteiger partial charge in [-0.3, -0.25) is 5.10 Å². The fourth-order valence-corrected chi connectivity index (χ4v) is 2.51. The summed E-state index contributed by atoms with van der Waals surface area (Å²) in [7, 11) is 0. The summed E-state index contributed by atoms with van der Waals surface area (Å²) in [6.45, 7) is 1.57. The molecule has 5 heteroatoms. The Bertz CT molecular complexity index is 686. The summed E-state index contributed by atoms with van der Waals surface area (Å²) in [5.74, 6) is 0.342. The summed E-state index contributed by atoms with van der Waals surface area (Å²) in [5.41, 5.74) is 3.58. The van der Waals surface area contributed by atoms with Crippen molar-refractivity contribution in [2.75, 3.05) is 13.1 Å². The molecule has 0 aliphatic carbocycles. The first-order valence-corrected chi connectivity index (χ1v) is 6.50. The summed E-state index contributed by atoms with van der Waals surface area (Å²) in [4.78, 5) is 1.77. The standard InChI is InChI=1S/C15H13N5/c16-8-11-1-3-12(4-2-11)14-7-15(19-18-14)13-5-6-20(9-13)10-17/h1-4,7,13H,5-6,9H2,(H,18,19). The summed E-state index contributed by atoms with van der Waals surface area (Å²) >= 11 is 0. The molecule has 1 fully saturated rings. The zero-order chi connectivity index (χ0) is 13.9. The fourth-order valence-electron chi connectivity index (χ4n) is 2.51. The van der Waals surface area contributed by atoms with Gasteiger partial charge in [-0.05, 0) is 24.6 Å². The topological polar surface area (TPSA) is 79.5 Å². The minimum absolute atomic E-state index is 0.342. The van der Waals surface area contributed by atoms with Crippen LogP contribution in [0.2, 0.25) is 0 Å². The molecule has 1 aliphatic heterocycles. The quantitative estimate of drug-likeness (QED) is 0.842. The van der Waals surface area contributed by atoms with Crippen LogP contribution >= 0.6 is 0 Å². The van der Waals surface area contributed by atoms with Crippen molar-refractivity contribution in [2.24, 2.45) is 0 Å². The second kappa shape index (κ2) is 5.07. The molecule has 2 heterocycles. The molecule has 0 saturated carbocycles. The highest BCUT2D eigenvalue weighted by Gasteiger charge is 2.24. The highest BCUT2D eigenvalue weighted by molar-refractivity contribution is 5.60. The largest absolute Gasteiger partial charge is 0.310 e. The number of hydrogen-bond acceptors (Lipinski definition) is 4. The molecule has 1 atom stereocenters. The lowest BCUT2D eigenvalue weighted by molar-refractivity contribution is 0.478. The van der Waals surface area contributed by atoms with Crippen LogP contribution in [0.4, 0.5) is 0 Å². The molecule has 0 bridgehead atoms. The van der Waals surface area contributed by atoms with Gasteiger partial charge in [0.2, 0.25) is 0 Å². The maximum Gasteiger partial charge on any atom is 0.179 e. The maximum atomic E-state index is 8.89. The van der Waals surface area contributed by atoms with Crippen LogP contribution in [0.25, 0.3) is 11.3 Å². The molecule has 1 aromatic carbocycles. The number of hydrogen-bond donors (Lipinski definition) is 1. The van der Waals surface area contributed by atoms with Crippen LogP contribution in [-0.4, -0.2) is 28.2 Å². The van der Waals surface area contributed by atoms with Crippen LogP contribution in [-0.2, 0) is 0 Å². The number of rotatable bonds is 2. The van der Waals surface area contributed by atoms with Crippen LogP contribution in [0.3, 0.4) is 0 Å². The van der Waals surface area contributed by atoms with Gasteiger partial charge in [0.25, 0.3) is 0 Å². The van der Waals surface area contributed by atoms with E-state index in [0.717, 1.165) is 36.5 Å². The minimum atomic E-state index is 0.342. The van der Waals surface area contributed by atoms with E-state index in [4.69, 9.17) is 10.5 Å². The van der Waals surface area contributed by atoms with E-state index in [1.165, 1.54) is 0 Å². The van der Waals surface area contributed by atoms with E-state index >= 15 is 0 Å². The first-order valence-electron chi connectivity index (χ1n) is 6.50. The van der Waals surface area contributed by atoms with Gasteiger partial charge >= 0.3 is 0 Å². The lowest BCUT2D eigenvalue weighted by atomic mass is 10.0. The molecule has 0 amide bonds. The summed E-state index contributed by atoms with van der Waals surface area (Å²) in [6.07, 6.45) is 3.16. The first kappa shape index (κ1) is 12.3. The van der Waals surface area contributed by atoms with E-state index in [1.54, 1.807) is 17.0 Å². The summed E-state index contributed by atoms with van der Waals surface area (Å²) in [6, 6.07) is 11.5. The van der Waals surface area contributed by atoms with Gasteiger partial charge in [-0.2, -0.15) is 15.6 Å². The molecule has 20 heavy (non-hydrogen) atoms. The van der Waals surface area contributed by atoms with E-state index < -0.39 is 0 Å². The van der Waals surface area contributed by atoms with Gasteiger partial charge in [-0.1, -0.05) is 12.1 Å². The molecular weight excluding hydrogens is 250 g/mol. The van der Waals surface area contributed by atoms with Crippen LogP contribution in [0.15, 0.2) is 30.3 Å². The van der Waals surface area contributed by atoms with Crippen molar-refractivity contribution in [3.63, 3.8) is 0 Å². The Morgan fingerprint density at radius 3 is 2.70 bits per heavy atom. The Hall–Kier alpha value is -2.79. The minimum Gasteiger partial charge on any atom is -0.310 e. The number of nitriles is 2. The Morgan fingerprint density at radius 1 is 1.25 bits per heavy atom. The number of H-pyrrole nitrogens is 1. The van der Waals surface area contributed by atoms with Gasteiger partial charge in [0.1, 0.15) is 0 Å². The van der Waals surface area contributed by atoms with E-state index in [0.29, 0.717) is 11.5 Å². The molecule has 1 aromatic heterocycles. The number of likely N-dealkylation sites (tertiary alicyclic amines) is 1. The van der Waals surface area contributed by atoms with Crippen molar-refractivity contribution in [3.05, 3.63) is 41.6 Å². The average molecular weight is 263 g/mol. The van der Waals surface area contributed by atoms with Crippen molar-refractivity contribution in [1.82, 2.24) is 15.1 Å². The van der Waals surface area contributed by atoms with Crippen LogP contribution in [0.1, 0.15) is 23.6 Å². The Kier molecular flexibility index (Phi) is 3.10. The summed E-state index contributed by atoms with van der Waals surface area (Å²) in [5, 5.41) is 25.1. The summed E-state index contributed by atoms with van der Waals surface area (Å²) < 4.78 is 0. The lowest BCUT2D eigenvalue weighted by Gasteiger charge is -2.06. The lowest BCUT2D eigenvalue weighted by Crippen LogP contribution is -2.12. The van der Waals surface area contributed by atoms with Crippen LogP contribution in [0, 0.1) is 22.8 Å². The third-order valence-corrected chi connectivity index (χ3v) is 3.68. The third-order valence-electron chi connectivity index (χ3n) is 3.68. The zero-order valence-electron chi connectivity index (χ0n) is 10.9. The molecule has 1 aliphatic rings. The second-order valence-electron chi connectivity index (χ2n) is 4.93. The highest BCUT2D eigenvalue weighted by atomic mass is 15.2. The molecular formula is C15H13N5. The molecule has 1 N–H and O–H groups in total. The molecule has 2 aromatic rings. The Morgan fingerprint density at radius 2 is 2.05 bits per heavy atom. The van der Waals surface area contributed by atoms with Crippen molar-refractivity contribution in [3.8, 4) is 23.5 Å². The third kappa shape index (κ3) is 2.22. The van der Waals surface area contributed by atoms with Gasteiger partial charge in [0.15, 0.2) is 6.19 Å². The van der Waals surface area contributed by atoms with Crippen LogP contribution in [0.5, 0.6) is 0 Å². The van der Waals surface area contributed by atoms with Gasteiger partial charge in [-0.15, -0.1) is 0 Å². The first-order chi connectivity index (χ1) is 9.80.